The maximum atomic E-state index is 12.2. The van der Waals surface area contributed by atoms with E-state index in [0.29, 0.717) is 43.1 Å². The summed E-state index contributed by atoms with van der Waals surface area (Å²) in [7, 11) is 1.57. The third-order valence-electron chi connectivity index (χ3n) is 4.76. The summed E-state index contributed by atoms with van der Waals surface area (Å²) in [6, 6.07) is 5.53. The van der Waals surface area contributed by atoms with Gasteiger partial charge in [0.1, 0.15) is 11.6 Å². The van der Waals surface area contributed by atoms with Crippen LogP contribution in [-0.2, 0) is 30.7 Å². The quantitative estimate of drug-likeness (QED) is 0.698. The molecule has 0 radical (unpaired) electrons. The van der Waals surface area contributed by atoms with E-state index >= 15 is 0 Å². The van der Waals surface area contributed by atoms with Crippen LogP contribution in [0.25, 0.3) is 0 Å². The van der Waals surface area contributed by atoms with Crippen LogP contribution in [0, 0.1) is 0 Å². The molecule has 8 heteroatoms. The van der Waals surface area contributed by atoms with Gasteiger partial charge in [-0.25, -0.2) is 9.48 Å². The van der Waals surface area contributed by atoms with Gasteiger partial charge >= 0.3 is 5.69 Å². The van der Waals surface area contributed by atoms with Crippen molar-refractivity contribution in [2.75, 3.05) is 13.7 Å². The average molecular weight is 393 g/mol. The van der Waals surface area contributed by atoms with Crippen molar-refractivity contribution in [2.24, 2.45) is 0 Å². The molecule has 0 saturated carbocycles. The number of fused-ring (bicyclic) bond motifs is 1. The number of amides is 1. The van der Waals surface area contributed by atoms with Crippen molar-refractivity contribution in [2.45, 2.75) is 51.6 Å². The number of hydrogen-bond donors (Lipinski definition) is 1. The van der Waals surface area contributed by atoms with Crippen LogP contribution in [0.4, 0.5) is 0 Å². The number of halogens is 1. The van der Waals surface area contributed by atoms with Crippen molar-refractivity contribution in [1.29, 1.82) is 0 Å². The second kappa shape index (κ2) is 9.08. The third kappa shape index (κ3) is 4.91. The third-order valence-corrected chi connectivity index (χ3v) is 5.05. The van der Waals surface area contributed by atoms with Crippen molar-refractivity contribution in [3.63, 3.8) is 0 Å². The van der Waals surface area contributed by atoms with Gasteiger partial charge in [-0.3, -0.25) is 9.36 Å². The van der Waals surface area contributed by atoms with Crippen molar-refractivity contribution >= 4 is 17.5 Å². The standard InChI is InChI=1S/C19H25ClN4O3/c1-27-16-8-6-14(13-15(16)20)7-9-18(25)21-10-4-12-24-19(26)23-11-3-2-5-17(23)22-24/h6,8,13H,2-5,7,9-12H2,1H3,(H,21,25). The molecule has 146 valence electrons. The van der Waals surface area contributed by atoms with Crippen LogP contribution in [0.15, 0.2) is 23.0 Å². The Kier molecular flexibility index (Phi) is 6.55. The van der Waals surface area contributed by atoms with Crippen LogP contribution in [0.3, 0.4) is 0 Å². The van der Waals surface area contributed by atoms with Crippen LogP contribution < -0.4 is 15.7 Å². The van der Waals surface area contributed by atoms with Gasteiger partial charge in [-0.15, -0.1) is 0 Å². The van der Waals surface area contributed by atoms with Gasteiger partial charge < -0.3 is 10.1 Å². The first-order valence-electron chi connectivity index (χ1n) is 9.34. The highest BCUT2D eigenvalue weighted by Crippen LogP contribution is 2.25. The molecule has 3 rings (SSSR count). The minimum absolute atomic E-state index is 0.0153. The zero-order valence-corrected chi connectivity index (χ0v) is 16.3. The molecule has 1 aromatic carbocycles. The summed E-state index contributed by atoms with van der Waals surface area (Å²) in [5, 5.41) is 7.84. The number of ether oxygens (including phenoxy) is 1. The number of methoxy groups -OCH3 is 1. The first-order chi connectivity index (χ1) is 13.1. The Morgan fingerprint density at radius 2 is 2.22 bits per heavy atom. The van der Waals surface area contributed by atoms with Gasteiger partial charge in [0.2, 0.25) is 5.91 Å². The molecular weight excluding hydrogens is 368 g/mol. The second-order valence-corrected chi connectivity index (χ2v) is 7.11. The van der Waals surface area contributed by atoms with Crippen LogP contribution in [0.5, 0.6) is 5.75 Å². The number of hydrogen-bond acceptors (Lipinski definition) is 4. The topological polar surface area (TPSA) is 78.2 Å². The summed E-state index contributed by atoms with van der Waals surface area (Å²) < 4.78 is 8.41. The zero-order chi connectivity index (χ0) is 19.2. The van der Waals surface area contributed by atoms with Gasteiger partial charge in [-0.1, -0.05) is 17.7 Å². The Labute approximate surface area is 163 Å². The fourth-order valence-corrected chi connectivity index (χ4v) is 3.54. The number of rotatable bonds is 8. The lowest BCUT2D eigenvalue weighted by Crippen LogP contribution is -2.29. The first-order valence-corrected chi connectivity index (χ1v) is 9.72. The van der Waals surface area contributed by atoms with Crippen LogP contribution in [-0.4, -0.2) is 33.9 Å². The van der Waals surface area contributed by atoms with E-state index in [4.69, 9.17) is 16.3 Å². The Bertz CT molecular complexity index is 859. The number of aromatic nitrogens is 3. The molecule has 0 saturated heterocycles. The van der Waals surface area contributed by atoms with Crippen LogP contribution >= 0.6 is 11.6 Å². The molecule has 1 aliphatic rings. The molecule has 27 heavy (non-hydrogen) atoms. The largest absolute Gasteiger partial charge is 0.495 e. The van der Waals surface area contributed by atoms with Gasteiger partial charge in [0.25, 0.3) is 0 Å². The Morgan fingerprint density at radius 1 is 1.37 bits per heavy atom. The van der Waals surface area contributed by atoms with Crippen molar-refractivity contribution in [3.8, 4) is 5.75 Å². The minimum atomic E-state index is -0.0348. The second-order valence-electron chi connectivity index (χ2n) is 6.70. The maximum absolute atomic E-state index is 12.2. The van der Waals surface area contributed by atoms with Gasteiger partial charge in [-0.2, -0.15) is 5.10 Å². The molecule has 0 bridgehead atoms. The summed E-state index contributed by atoms with van der Waals surface area (Å²) in [5.41, 5.74) is 0.957. The van der Waals surface area contributed by atoms with Gasteiger partial charge in [0, 0.05) is 32.5 Å². The molecular formula is C19H25ClN4O3. The summed E-state index contributed by atoms with van der Waals surface area (Å²) in [6.45, 7) is 1.81. The smallest absolute Gasteiger partial charge is 0.345 e. The highest BCUT2D eigenvalue weighted by molar-refractivity contribution is 6.32. The average Bonchev–Trinajstić information content (AvgIpc) is 3.00. The Hall–Kier alpha value is -2.28. The van der Waals surface area contributed by atoms with Crippen molar-refractivity contribution < 1.29 is 9.53 Å². The van der Waals surface area contributed by atoms with Crippen molar-refractivity contribution in [3.05, 3.63) is 45.1 Å². The fraction of sp³-hybridized carbons (Fsp3) is 0.526. The Balaban J connectivity index is 1.39. The monoisotopic (exact) mass is 392 g/mol. The molecule has 2 aromatic rings. The van der Waals surface area contributed by atoms with Crippen LogP contribution in [0.2, 0.25) is 5.02 Å². The Morgan fingerprint density at radius 3 is 2.96 bits per heavy atom. The van der Waals surface area contributed by atoms with E-state index in [1.807, 2.05) is 12.1 Å². The first kappa shape index (κ1) is 19.5. The molecule has 0 atom stereocenters. The molecule has 1 aromatic heterocycles. The number of aryl methyl sites for hydroxylation is 3. The highest BCUT2D eigenvalue weighted by atomic mass is 35.5. The highest BCUT2D eigenvalue weighted by Gasteiger charge is 2.16. The molecule has 2 heterocycles. The van der Waals surface area contributed by atoms with E-state index in [1.54, 1.807) is 17.7 Å². The molecule has 1 amide bonds. The van der Waals surface area contributed by atoms with Gasteiger partial charge in [-0.05, 0) is 43.4 Å². The molecule has 7 nitrogen and oxygen atoms in total. The summed E-state index contributed by atoms with van der Waals surface area (Å²) in [5.74, 6) is 1.49. The maximum Gasteiger partial charge on any atom is 0.345 e. The number of carbonyl (C=O) groups excluding carboxylic acids is 1. The number of carbonyl (C=O) groups is 1. The van der Waals surface area contributed by atoms with E-state index in [0.717, 1.165) is 37.2 Å². The lowest BCUT2D eigenvalue weighted by atomic mass is 10.1. The number of nitrogens with one attached hydrogen (secondary N) is 1. The summed E-state index contributed by atoms with van der Waals surface area (Å²) in [6.07, 6.45) is 4.68. The SMILES string of the molecule is COc1ccc(CCC(=O)NCCCn2nc3n(c2=O)CCCC3)cc1Cl. The van der Waals surface area contributed by atoms with E-state index in [1.165, 1.54) is 4.68 Å². The van der Waals surface area contributed by atoms with E-state index in [2.05, 4.69) is 10.4 Å². The van der Waals surface area contributed by atoms with Gasteiger partial charge in [0.15, 0.2) is 0 Å². The predicted octanol–water partition coefficient (Wildman–Crippen LogP) is 2.18. The molecule has 1 N–H and O–H groups in total. The van der Waals surface area contributed by atoms with E-state index < -0.39 is 0 Å². The molecule has 0 fully saturated rings. The predicted molar refractivity (Wildman–Crippen MR) is 103 cm³/mol. The van der Waals surface area contributed by atoms with Gasteiger partial charge in [0.05, 0.1) is 12.1 Å². The normalized spacial score (nSPS) is 13.3. The minimum Gasteiger partial charge on any atom is -0.495 e. The molecule has 0 spiro atoms. The molecule has 0 aliphatic carbocycles. The number of benzene rings is 1. The molecule has 0 unspecified atom stereocenters. The fourth-order valence-electron chi connectivity index (χ4n) is 3.26. The molecule has 1 aliphatic heterocycles. The zero-order valence-electron chi connectivity index (χ0n) is 15.5. The van der Waals surface area contributed by atoms with Crippen LogP contribution in [0.1, 0.15) is 37.1 Å². The summed E-state index contributed by atoms with van der Waals surface area (Å²) >= 11 is 6.09. The van der Waals surface area contributed by atoms with Crippen molar-refractivity contribution in [1.82, 2.24) is 19.7 Å². The lowest BCUT2D eigenvalue weighted by molar-refractivity contribution is -0.121. The van der Waals surface area contributed by atoms with E-state index in [-0.39, 0.29) is 11.6 Å². The van der Waals surface area contributed by atoms with E-state index in [9.17, 15) is 9.59 Å². The summed E-state index contributed by atoms with van der Waals surface area (Å²) in [4.78, 5) is 24.2. The number of nitrogens with zero attached hydrogens (tertiary/aromatic N) is 3. The lowest BCUT2D eigenvalue weighted by Gasteiger charge is -2.09.